The molecule has 3 rings (SSSR count). The summed E-state index contributed by atoms with van der Waals surface area (Å²) in [6.45, 7) is 1.76. The van der Waals surface area contributed by atoms with E-state index < -0.39 is 0 Å². The van der Waals surface area contributed by atoms with E-state index in [0.717, 1.165) is 16.3 Å². The normalized spacial score (nSPS) is 12.5. The molecule has 0 bridgehead atoms. The molecule has 1 unspecified atom stereocenters. The highest BCUT2D eigenvalue weighted by molar-refractivity contribution is 5.86. The molecule has 1 atom stereocenters. The van der Waals surface area contributed by atoms with Crippen LogP contribution in [0.3, 0.4) is 0 Å². The van der Waals surface area contributed by atoms with E-state index >= 15 is 0 Å². The summed E-state index contributed by atoms with van der Waals surface area (Å²) < 4.78 is 14.4. The lowest BCUT2D eigenvalue weighted by molar-refractivity contribution is 0.556. The molecular weight excluding hydrogens is 263 g/mol. The minimum atomic E-state index is -0.379. The van der Waals surface area contributed by atoms with Crippen LogP contribution >= 0.6 is 0 Å². The molecule has 0 aliphatic rings. The van der Waals surface area contributed by atoms with Gasteiger partial charge in [0.2, 0.25) is 0 Å². The Morgan fingerprint density at radius 3 is 2.38 bits per heavy atom. The van der Waals surface area contributed by atoms with Crippen molar-refractivity contribution in [3.8, 4) is 0 Å². The van der Waals surface area contributed by atoms with Crippen LogP contribution in [0.1, 0.15) is 22.7 Å². The molecule has 0 aromatic heterocycles. The van der Waals surface area contributed by atoms with Crippen LogP contribution in [0.15, 0.2) is 60.7 Å². The van der Waals surface area contributed by atoms with E-state index in [-0.39, 0.29) is 11.9 Å². The number of benzene rings is 3. The molecule has 0 aliphatic heterocycles. The second-order valence-electron chi connectivity index (χ2n) is 5.15. The highest BCUT2D eigenvalue weighted by Crippen LogP contribution is 2.30. The summed E-state index contributed by atoms with van der Waals surface area (Å²) in [7, 11) is 0. The van der Waals surface area contributed by atoms with E-state index in [0.29, 0.717) is 11.1 Å². The van der Waals surface area contributed by atoms with Gasteiger partial charge in [0.15, 0.2) is 0 Å². The fourth-order valence-electron chi connectivity index (χ4n) is 2.74. The molecule has 3 aromatic rings. The Bertz CT molecular complexity index is 778. The molecule has 0 fully saturated rings. The largest absolute Gasteiger partial charge is 0.271 e. The van der Waals surface area contributed by atoms with Crippen LogP contribution < -0.4 is 11.3 Å². The van der Waals surface area contributed by atoms with Gasteiger partial charge in [-0.15, -0.1) is 0 Å². The number of aryl methyl sites for hydroxylation is 1. The number of hydrogen-bond acceptors (Lipinski definition) is 2. The Hall–Kier alpha value is -2.23. The van der Waals surface area contributed by atoms with Gasteiger partial charge in [0, 0.05) is 5.56 Å². The van der Waals surface area contributed by atoms with E-state index in [1.165, 1.54) is 0 Å². The maximum atomic E-state index is 14.4. The zero-order valence-electron chi connectivity index (χ0n) is 11.8. The van der Waals surface area contributed by atoms with Gasteiger partial charge < -0.3 is 0 Å². The molecule has 0 spiro atoms. The van der Waals surface area contributed by atoms with Crippen LogP contribution in [0.4, 0.5) is 4.39 Å². The number of halogens is 1. The third-order valence-corrected chi connectivity index (χ3v) is 3.83. The molecule has 106 valence electrons. The Balaban J connectivity index is 2.21. The van der Waals surface area contributed by atoms with E-state index in [1.807, 2.05) is 48.5 Å². The second kappa shape index (κ2) is 5.64. The summed E-state index contributed by atoms with van der Waals surface area (Å²) >= 11 is 0. The average molecular weight is 280 g/mol. The molecule has 2 nitrogen and oxygen atoms in total. The fourth-order valence-corrected chi connectivity index (χ4v) is 2.74. The number of rotatable bonds is 3. The van der Waals surface area contributed by atoms with E-state index in [4.69, 9.17) is 5.84 Å². The van der Waals surface area contributed by atoms with Gasteiger partial charge in [-0.25, -0.2) is 9.82 Å². The zero-order chi connectivity index (χ0) is 14.8. The lowest BCUT2D eigenvalue weighted by atomic mass is 9.93. The van der Waals surface area contributed by atoms with Crippen molar-refractivity contribution >= 4 is 10.8 Å². The quantitative estimate of drug-likeness (QED) is 0.565. The molecule has 0 saturated heterocycles. The van der Waals surface area contributed by atoms with Crippen LogP contribution in [0.5, 0.6) is 0 Å². The summed E-state index contributed by atoms with van der Waals surface area (Å²) in [4.78, 5) is 0. The molecule has 3 aromatic carbocycles. The third kappa shape index (κ3) is 2.42. The lowest BCUT2D eigenvalue weighted by Gasteiger charge is -2.20. The Labute approximate surface area is 123 Å². The number of hydrogen-bond donors (Lipinski definition) is 2. The van der Waals surface area contributed by atoms with Crippen molar-refractivity contribution in [3.63, 3.8) is 0 Å². The summed E-state index contributed by atoms with van der Waals surface area (Å²) in [6, 6.07) is 19.0. The molecule has 0 amide bonds. The Kier molecular flexibility index (Phi) is 3.69. The van der Waals surface area contributed by atoms with Crippen LogP contribution in [0.25, 0.3) is 10.8 Å². The lowest BCUT2D eigenvalue weighted by Crippen LogP contribution is -2.29. The summed E-state index contributed by atoms with van der Waals surface area (Å²) in [6.07, 6.45) is 0. The van der Waals surface area contributed by atoms with Crippen molar-refractivity contribution in [3.05, 3.63) is 83.2 Å². The number of nitrogens with one attached hydrogen (secondary N) is 1. The maximum absolute atomic E-state index is 14.4. The first-order valence-electron chi connectivity index (χ1n) is 6.91. The van der Waals surface area contributed by atoms with Gasteiger partial charge in [-0.1, -0.05) is 60.7 Å². The van der Waals surface area contributed by atoms with Crippen LogP contribution in [-0.4, -0.2) is 0 Å². The van der Waals surface area contributed by atoms with Crippen molar-refractivity contribution < 1.29 is 4.39 Å². The Morgan fingerprint density at radius 2 is 1.57 bits per heavy atom. The fraction of sp³-hybridized carbons (Fsp3) is 0.111. The van der Waals surface area contributed by atoms with Crippen molar-refractivity contribution in [1.29, 1.82) is 0 Å². The van der Waals surface area contributed by atoms with E-state index in [2.05, 4.69) is 5.43 Å². The monoisotopic (exact) mass is 280 g/mol. The average Bonchev–Trinajstić information content (AvgIpc) is 2.52. The van der Waals surface area contributed by atoms with E-state index in [1.54, 1.807) is 19.1 Å². The number of fused-ring (bicyclic) bond motifs is 1. The standard InChI is InChI=1S/C18H17FN2/c1-12-6-4-11-16(17(12)19)18(21-20)15-10-5-8-13-7-2-3-9-14(13)15/h2-11,18,21H,20H2,1H3. The van der Waals surface area contributed by atoms with Crippen molar-refractivity contribution in [2.75, 3.05) is 0 Å². The van der Waals surface area contributed by atoms with Crippen LogP contribution in [0, 0.1) is 12.7 Å². The van der Waals surface area contributed by atoms with Crippen molar-refractivity contribution in [2.45, 2.75) is 13.0 Å². The predicted molar refractivity (Wildman–Crippen MR) is 84.3 cm³/mol. The minimum absolute atomic E-state index is 0.214. The molecule has 0 heterocycles. The van der Waals surface area contributed by atoms with Gasteiger partial charge in [-0.3, -0.25) is 5.84 Å². The summed E-state index contributed by atoms with van der Waals surface area (Å²) in [5, 5.41) is 2.19. The molecular formula is C18H17FN2. The highest BCUT2D eigenvalue weighted by atomic mass is 19.1. The molecule has 0 radical (unpaired) electrons. The predicted octanol–water partition coefficient (Wildman–Crippen LogP) is 3.84. The first-order valence-corrected chi connectivity index (χ1v) is 6.91. The van der Waals surface area contributed by atoms with Gasteiger partial charge >= 0.3 is 0 Å². The number of nitrogens with two attached hydrogens (primary N) is 1. The molecule has 0 saturated carbocycles. The molecule has 0 aliphatic carbocycles. The molecule has 21 heavy (non-hydrogen) atoms. The van der Waals surface area contributed by atoms with Gasteiger partial charge in [-0.05, 0) is 28.8 Å². The van der Waals surface area contributed by atoms with Gasteiger partial charge in [0.25, 0.3) is 0 Å². The van der Waals surface area contributed by atoms with Gasteiger partial charge in [0.1, 0.15) is 5.82 Å². The topological polar surface area (TPSA) is 38.0 Å². The number of hydrazine groups is 1. The Morgan fingerprint density at radius 1 is 0.905 bits per heavy atom. The van der Waals surface area contributed by atoms with E-state index in [9.17, 15) is 4.39 Å². The summed E-state index contributed by atoms with van der Waals surface area (Å²) in [5.41, 5.74) is 4.91. The SMILES string of the molecule is Cc1cccc(C(NN)c2cccc3ccccc23)c1F. The second-order valence-corrected chi connectivity index (χ2v) is 5.15. The zero-order valence-corrected chi connectivity index (χ0v) is 11.8. The first kappa shape index (κ1) is 13.7. The van der Waals surface area contributed by atoms with Gasteiger partial charge in [0.05, 0.1) is 6.04 Å². The van der Waals surface area contributed by atoms with Crippen LogP contribution in [0.2, 0.25) is 0 Å². The van der Waals surface area contributed by atoms with Crippen molar-refractivity contribution in [1.82, 2.24) is 5.43 Å². The summed E-state index contributed by atoms with van der Waals surface area (Å²) in [5.74, 6) is 5.52. The molecule has 3 N–H and O–H groups in total. The van der Waals surface area contributed by atoms with Gasteiger partial charge in [-0.2, -0.15) is 0 Å². The maximum Gasteiger partial charge on any atom is 0.131 e. The first-order chi connectivity index (χ1) is 10.2. The smallest absolute Gasteiger partial charge is 0.131 e. The third-order valence-electron chi connectivity index (χ3n) is 3.83. The molecule has 3 heteroatoms. The van der Waals surface area contributed by atoms with Crippen LogP contribution in [-0.2, 0) is 0 Å². The highest BCUT2D eigenvalue weighted by Gasteiger charge is 2.19. The van der Waals surface area contributed by atoms with Crippen molar-refractivity contribution in [2.24, 2.45) is 5.84 Å². The minimum Gasteiger partial charge on any atom is -0.271 e.